The highest BCUT2D eigenvalue weighted by Gasteiger charge is 2.50. The normalized spacial score (nSPS) is 21.1. The van der Waals surface area contributed by atoms with Crippen LogP contribution in [0.5, 0.6) is 0 Å². The molecule has 8 aromatic rings. The van der Waals surface area contributed by atoms with Gasteiger partial charge in [-0.2, -0.15) is 12.6 Å². The zero-order chi connectivity index (χ0) is 65.2. The number of carbonyl (C=O) groups is 2. The van der Waals surface area contributed by atoms with Crippen LogP contribution in [0.3, 0.4) is 0 Å². The minimum absolute atomic E-state index is 0. The summed E-state index contributed by atoms with van der Waals surface area (Å²) in [5.74, 6) is -1.75. The Hall–Kier alpha value is -6.27. The van der Waals surface area contributed by atoms with Crippen molar-refractivity contribution in [3.05, 3.63) is 287 Å². The number of alkyl halides is 1. The summed E-state index contributed by atoms with van der Waals surface area (Å²) in [5, 5.41) is 17.8. The van der Waals surface area contributed by atoms with Crippen molar-refractivity contribution >= 4 is 58.9 Å². The van der Waals surface area contributed by atoms with Crippen LogP contribution in [0.2, 0.25) is 0 Å². The number of ether oxygens (including phenoxy) is 10. The highest BCUT2D eigenvalue weighted by Crippen LogP contribution is 2.37. The number of thiol groups is 1. The van der Waals surface area contributed by atoms with Gasteiger partial charge in [0, 0.05) is 11.5 Å². The Morgan fingerprint density at radius 2 is 0.642 bits per heavy atom. The van der Waals surface area contributed by atoms with Crippen molar-refractivity contribution in [2.45, 2.75) is 140 Å². The zero-order valence-corrected chi connectivity index (χ0v) is 56.4. The first-order valence-corrected chi connectivity index (χ1v) is 34.2. The predicted molar refractivity (Wildman–Crippen MR) is 387 cm³/mol. The lowest BCUT2D eigenvalue weighted by molar-refractivity contribution is -0.254. The molecule has 95 heavy (non-hydrogen) atoms. The van der Waals surface area contributed by atoms with Gasteiger partial charge in [-0.1, -0.05) is 271 Å². The minimum atomic E-state index is -0.853. The fraction of sp³-hybridized carbons (Fsp3) is 0.359. The topological polar surface area (TPSA) is 167 Å². The first-order chi connectivity index (χ1) is 45.5. The molecule has 2 aliphatic rings. The molecule has 17 heteroatoms. The van der Waals surface area contributed by atoms with Crippen LogP contribution >= 0.6 is 47.0 Å². The number of rotatable bonds is 32. The Kier molecular flexibility index (Phi) is 35.8. The molecule has 0 saturated carbocycles. The van der Waals surface area contributed by atoms with Gasteiger partial charge in [0.2, 0.25) is 0 Å². The molecule has 0 spiro atoms. The van der Waals surface area contributed by atoms with E-state index < -0.39 is 53.8 Å². The van der Waals surface area contributed by atoms with E-state index in [1.165, 1.54) is 11.8 Å². The van der Waals surface area contributed by atoms with Crippen molar-refractivity contribution in [2.24, 2.45) is 11.8 Å². The standard InChI is InChI=1S/C38H42O7S.C34H35IO5.C4H8O2S.2CH4/c1-28(37(39)40)27-46-38-36(44-25-32-20-12-5-13-21-32)35(43-24-31-18-10-4-11-19-31)34(42-23-30-16-8-3-9-17-30)33(45-38)26-41-22-29-14-6-2-7-15-29;35-34-33(39-24-29-19-11-4-12-20-29)32(38-23-28-17-9-3-10-18-28)31(37-22-27-15-7-2-8-16-27)30(40-34)25-36-21-26-13-5-1-6-14-26;1-3(2-7)4(5)6;;/h2-21,28,33-36,38H,22-27H2,1H3,(H,39,40);1-20,30-34H,21-25H2;3,7H,2H2,1H3,(H,5,6);2*1H4/t28-,33?,34?,35?,36?,38?;;3-;;/m0.0../s1. The van der Waals surface area contributed by atoms with Crippen LogP contribution in [0.25, 0.3) is 0 Å². The fourth-order valence-corrected chi connectivity index (χ4v) is 12.4. The largest absolute Gasteiger partial charge is 0.481 e. The van der Waals surface area contributed by atoms with Gasteiger partial charge in [0.25, 0.3) is 0 Å². The molecule has 10 rings (SSSR count). The maximum atomic E-state index is 11.8. The quantitative estimate of drug-likeness (QED) is 0.0207. The van der Waals surface area contributed by atoms with Crippen LogP contribution in [0.4, 0.5) is 0 Å². The van der Waals surface area contributed by atoms with Crippen molar-refractivity contribution in [1.82, 2.24) is 0 Å². The van der Waals surface area contributed by atoms with Crippen LogP contribution in [-0.4, -0.2) is 105 Å². The third-order valence-electron chi connectivity index (χ3n) is 15.3. The number of halogens is 1. The molecule has 2 aliphatic heterocycles. The van der Waals surface area contributed by atoms with E-state index in [1.807, 2.05) is 194 Å². The summed E-state index contributed by atoms with van der Waals surface area (Å²) in [6.07, 6.45) is -3.55. The molecule has 2 heterocycles. The smallest absolute Gasteiger partial charge is 0.307 e. The number of hydrogen-bond acceptors (Lipinski definition) is 14. The Morgan fingerprint density at radius 3 is 0.926 bits per heavy atom. The first-order valence-electron chi connectivity index (χ1n) is 31.3. The molecule has 0 aromatic heterocycles. The van der Waals surface area contributed by atoms with Gasteiger partial charge in [-0.15, -0.1) is 11.8 Å². The van der Waals surface area contributed by atoms with E-state index in [0.717, 1.165) is 44.5 Å². The number of thioether (sulfide) groups is 1. The van der Waals surface area contributed by atoms with E-state index in [9.17, 15) is 14.7 Å². The van der Waals surface area contributed by atoms with Crippen molar-refractivity contribution in [3.63, 3.8) is 0 Å². The van der Waals surface area contributed by atoms with E-state index in [0.29, 0.717) is 71.0 Å². The molecule has 2 N–H and O–H groups in total. The maximum Gasteiger partial charge on any atom is 0.307 e. The monoisotopic (exact) mass is 1440 g/mol. The van der Waals surface area contributed by atoms with Gasteiger partial charge in [-0.05, 0) is 67.1 Å². The van der Waals surface area contributed by atoms with Gasteiger partial charge in [0.05, 0.1) is 77.9 Å². The number of benzene rings is 8. The van der Waals surface area contributed by atoms with E-state index >= 15 is 0 Å². The molecule has 0 aliphatic carbocycles. The van der Waals surface area contributed by atoms with Crippen molar-refractivity contribution in [3.8, 4) is 0 Å². The van der Waals surface area contributed by atoms with Gasteiger partial charge in [0.15, 0.2) is 0 Å². The first kappa shape index (κ1) is 77.7. The number of aliphatic carboxylic acids is 2. The molecular weight excluding hydrogens is 1350 g/mol. The summed E-state index contributed by atoms with van der Waals surface area (Å²) < 4.78 is 65.2. The van der Waals surface area contributed by atoms with Crippen molar-refractivity contribution in [1.29, 1.82) is 0 Å². The van der Waals surface area contributed by atoms with Crippen LogP contribution in [0.15, 0.2) is 243 Å². The molecular formula is C78H93IO14S2. The summed E-state index contributed by atoms with van der Waals surface area (Å²) >= 11 is 7.53. The number of carboxylic acids is 2. The Balaban J connectivity index is 0.000000270. The lowest BCUT2D eigenvalue weighted by atomic mass is 9.98. The molecule has 0 bridgehead atoms. The lowest BCUT2D eigenvalue weighted by Crippen LogP contribution is -2.60. The highest BCUT2D eigenvalue weighted by atomic mass is 127. The average Bonchev–Trinajstić information content (AvgIpc) is 0.807. The van der Waals surface area contributed by atoms with Crippen molar-refractivity contribution in [2.75, 3.05) is 24.7 Å². The van der Waals surface area contributed by atoms with Crippen LogP contribution < -0.4 is 0 Å². The van der Waals surface area contributed by atoms with E-state index in [1.54, 1.807) is 13.8 Å². The van der Waals surface area contributed by atoms with Gasteiger partial charge in [0.1, 0.15) is 58.4 Å². The minimum Gasteiger partial charge on any atom is -0.481 e. The predicted octanol–water partition coefficient (Wildman–Crippen LogP) is 16.2. The Labute approximate surface area is 585 Å². The summed E-state index contributed by atoms with van der Waals surface area (Å²) in [7, 11) is 0. The van der Waals surface area contributed by atoms with E-state index in [4.69, 9.17) is 52.5 Å². The zero-order valence-electron chi connectivity index (χ0n) is 52.5. The van der Waals surface area contributed by atoms with Gasteiger partial charge in [-0.25, -0.2) is 0 Å². The maximum absolute atomic E-state index is 11.8. The summed E-state index contributed by atoms with van der Waals surface area (Å²) in [5.41, 5.74) is 8.01. The van der Waals surface area contributed by atoms with Crippen molar-refractivity contribution < 1.29 is 67.2 Å². The molecule has 10 unspecified atom stereocenters. The molecule has 2 saturated heterocycles. The molecule has 0 radical (unpaired) electrons. The van der Waals surface area contributed by atoms with Gasteiger partial charge in [-0.3, -0.25) is 9.59 Å². The second kappa shape index (κ2) is 43.8. The summed E-state index contributed by atoms with van der Waals surface area (Å²) in [4.78, 5) is 21.6. The van der Waals surface area contributed by atoms with Gasteiger partial charge < -0.3 is 57.6 Å². The Bertz CT molecular complexity index is 3280. The highest BCUT2D eigenvalue weighted by molar-refractivity contribution is 14.1. The summed E-state index contributed by atoms with van der Waals surface area (Å²) in [6.45, 7) is 7.27. The lowest BCUT2D eigenvalue weighted by Gasteiger charge is -2.46. The summed E-state index contributed by atoms with van der Waals surface area (Å²) in [6, 6.07) is 80.7. The third kappa shape index (κ3) is 26.9. The molecule has 12 atom stereocenters. The van der Waals surface area contributed by atoms with E-state index in [2.05, 4.69) is 83.8 Å². The molecule has 0 amide bonds. The second-order valence-corrected chi connectivity index (χ2v) is 25.4. The van der Waals surface area contributed by atoms with E-state index in [-0.39, 0.29) is 49.8 Å². The van der Waals surface area contributed by atoms with Crippen LogP contribution in [0, 0.1) is 11.8 Å². The fourth-order valence-electron chi connectivity index (χ4n) is 10.0. The number of carboxylic acid groups (broad SMARTS) is 2. The Morgan fingerprint density at radius 1 is 0.389 bits per heavy atom. The van der Waals surface area contributed by atoms with Crippen LogP contribution in [-0.2, 0) is 110 Å². The number of hydrogen-bond donors (Lipinski definition) is 3. The van der Waals surface area contributed by atoms with Crippen LogP contribution in [0.1, 0.15) is 73.2 Å². The molecule has 14 nitrogen and oxygen atoms in total. The second-order valence-electron chi connectivity index (χ2n) is 22.6. The average molecular weight is 1450 g/mol. The van der Waals surface area contributed by atoms with Gasteiger partial charge >= 0.3 is 11.9 Å². The molecule has 2 fully saturated rings. The third-order valence-corrected chi connectivity index (χ3v) is 18.2. The molecule has 8 aromatic carbocycles. The molecule has 508 valence electrons. The SMILES string of the molecule is C.C.C[C@@H](CS)C(=O)O.C[C@@H](CSC1OC(COCc2ccccc2)C(OCc2ccccc2)C(OCc2ccccc2)C1OCc1ccccc1)C(=O)O.IC1OC(COCc2ccccc2)C(OCc2ccccc2)C(OCc2ccccc2)C1OCc1ccccc1.